The number of nitrogens with one attached hydrogen (secondary N) is 1. The molecule has 9 heteroatoms. The van der Waals surface area contributed by atoms with Crippen molar-refractivity contribution in [2.45, 2.75) is 11.8 Å². The van der Waals surface area contributed by atoms with Gasteiger partial charge in [-0.3, -0.25) is 4.72 Å². The van der Waals surface area contributed by atoms with Crippen LogP contribution in [-0.2, 0) is 19.6 Å². The molecule has 0 aromatic heterocycles. The third-order valence-corrected chi connectivity index (χ3v) is 4.74. The van der Waals surface area contributed by atoms with Crippen LogP contribution < -0.4 is 9.46 Å². The van der Waals surface area contributed by atoms with Crippen molar-refractivity contribution >= 4 is 44.9 Å². The number of hydrogen-bond donors (Lipinski definition) is 1. The molecule has 0 unspecified atom stereocenters. The van der Waals surface area contributed by atoms with E-state index in [2.05, 4.69) is 4.72 Å². The highest BCUT2D eigenvalue weighted by Crippen LogP contribution is 2.25. The fraction of sp³-hybridized carbons (Fsp3) is 0.188. The molecule has 0 radical (unpaired) electrons. The SMILES string of the molecule is CCOC(=O)COc1ccc(S(=O)(=O)Nc2cc(Cl)cc(Cl)c2)cc1. The van der Waals surface area contributed by atoms with Gasteiger partial charge in [-0.15, -0.1) is 0 Å². The number of ether oxygens (including phenoxy) is 2. The van der Waals surface area contributed by atoms with Crippen molar-refractivity contribution in [1.82, 2.24) is 0 Å². The van der Waals surface area contributed by atoms with Crippen LogP contribution in [0.5, 0.6) is 5.75 Å². The van der Waals surface area contributed by atoms with E-state index >= 15 is 0 Å². The van der Waals surface area contributed by atoms with Crippen LogP contribution >= 0.6 is 23.2 Å². The average molecular weight is 404 g/mol. The van der Waals surface area contributed by atoms with Crippen molar-refractivity contribution in [3.63, 3.8) is 0 Å². The quantitative estimate of drug-likeness (QED) is 0.712. The number of rotatable bonds is 7. The minimum Gasteiger partial charge on any atom is -0.482 e. The monoisotopic (exact) mass is 403 g/mol. The summed E-state index contributed by atoms with van der Waals surface area (Å²) in [6.07, 6.45) is 0. The maximum atomic E-state index is 12.4. The highest BCUT2D eigenvalue weighted by molar-refractivity contribution is 7.92. The van der Waals surface area contributed by atoms with Crippen LogP contribution in [0.3, 0.4) is 0 Å². The fourth-order valence-corrected chi connectivity index (χ4v) is 3.45. The van der Waals surface area contributed by atoms with Gasteiger partial charge in [0.25, 0.3) is 10.0 Å². The first-order valence-corrected chi connectivity index (χ1v) is 9.41. The Morgan fingerprint density at radius 1 is 1.08 bits per heavy atom. The molecule has 0 aliphatic rings. The molecular weight excluding hydrogens is 389 g/mol. The topological polar surface area (TPSA) is 81.7 Å². The minimum atomic E-state index is -3.82. The van der Waals surface area contributed by atoms with Crippen molar-refractivity contribution in [1.29, 1.82) is 0 Å². The largest absolute Gasteiger partial charge is 0.482 e. The normalized spacial score (nSPS) is 11.0. The Morgan fingerprint density at radius 3 is 2.24 bits per heavy atom. The summed E-state index contributed by atoms with van der Waals surface area (Å²) in [4.78, 5) is 11.2. The Morgan fingerprint density at radius 2 is 1.68 bits per heavy atom. The number of anilines is 1. The van der Waals surface area contributed by atoms with Gasteiger partial charge in [0.1, 0.15) is 5.75 Å². The Bertz CT molecular complexity index is 833. The molecule has 25 heavy (non-hydrogen) atoms. The van der Waals surface area contributed by atoms with Gasteiger partial charge >= 0.3 is 5.97 Å². The summed E-state index contributed by atoms with van der Waals surface area (Å²) in [5, 5.41) is 0.626. The Balaban J connectivity index is 2.08. The molecule has 0 aliphatic carbocycles. The van der Waals surface area contributed by atoms with Gasteiger partial charge in [-0.05, 0) is 49.4 Å². The van der Waals surface area contributed by atoms with E-state index in [9.17, 15) is 13.2 Å². The predicted molar refractivity (Wildman–Crippen MR) is 95.8 cm³/mol. The van der Waals surface area contributed by atoms with Gasteiger partial charge in [0, 0.05) is 10.0 Å². The summed E-state index contributed by atoms with van der Waals surface area (Å²) >= 11 is 11.7. The van der Waals surface area contributed by atoms with Crippen LogP contribution in [0.25, 0.3) is 0 Å². The molecule has 0 aliphatic heterocycles. The smallest absolute Gasteiger partial charge is 0.344 e. The molecule has 1 N–H and O–H groups in total. The van der Waals surface area contributed by atoms with E-state index in [1.54, 1.807) is 6.92 Å². The molecule has 2 rings (SSSR count). The zero-order chi connectivity index (χ0) is 18.4. The summed E-state index contributed by atoms with van der Waals surface area (Å²) in [7, 11) is -3.82. The van der Waals surface area contributed by atoms with E-state index in [1.165, 1.54) is 42.5 Å². The molecule has 0 bridgehead atoms. The molecule has 0 spiro atoms. The first-order valence-electron chi connectivity index (χ1n) is 7.17. The average Bonchev–Trinajstić information content (AvgIpc) is 2.52. The van der Waals surface area contributed by atoms with Crippen molar-refractivity contribution in [3.8, 4) is 5.75 Å². The number of carbonyl (C=O) groups is 1. The lowest BCUT2D eigenvalue weighted by Crippen LogP contribution is -2.15. The van der Waals surface area contributed by atoms with E-state index < -0.39 is 16.0 Å². The van der Waals surface area contributed by atoms with Gasteiger partial charge in [0.2, 0.25) is 0 Å². The van der Waals surface area contributed by atoms with Crippen LogP contribution in [0, 0.1) is 0 Å². The third kappa shape index (κ3) is 5.81. The number of halogens is 2. The molecule has 0 atom stereocenters. The maximum Gasteiger partial charge on any atom is 0.344 e. The second kappa shape index (κ2) is 8.42. The van der Waals surface area contributed by atoms with E-state index in [0.29, 0.717) is 15.8 Å². The second-order valence-electron chi connectivity index (χ2n) is 4.83. The van der Waals surface area contributed by atoms with E-state index in [1.807, 2.05) is 0 Å². The van der Waals surface area contributed by atoms with E-state index in [-0.39, 0.29) is 23.8 Å². The molecule has 6 nitrogen and oxygen atoms in total. The first-order chi connectivity index (χ1) is 11.8. The maximum absolute atomic E-state index is 12.4. The lowest BCUT2D eigenvalue weighted by molar-refractivity contribution is -0.145. The van der Waals surface area contributed by atoms with Crippen LogP contribution in [-0.4, -0.2) is 27.6 Å². The molecule has 0 saturated heterocycles. The van der Waals surface area contributed by atoms with Crippen molar-refractivity contribution < 1.29 is 22.7 Å². The minimum absolute atomic E-state index is 0.0204. The molecule has 0 saturated carbocycles. The van der Waals surface area contributed by atoms with Crippen LogP contribution in [0.15, 0.2) is 47.4 Å². The fourth-order valence-electron chi connectivity index (χ4n) is 1.89. The molecule has 2 aromatic rings. The van der Waals surface area contributed by atoms with Gasteiger partial charge in [0.15, 0.2) is 6.61 Å². The molecular formula is C16H15Cl2NO5S. The third-order valence-electron chi connectivity index (χ3n) is 2.91. The van der Waals surface area contributed by atoms with Gasteiger partial charge in [-0.25, -0.2) is 13.2 Å². The van der Waals surface area contributed by atoms with Gasteiger partial charge in [0.05, 0.1) is 17.2 Å². The molecule has 2 aromatic carbocycles. The summed E-state index contributed by atoms with van der Waals surface area (Å²) in [5.41, 5.74) is 0.250. The molecule has 134 valence electrons. The zero-order valence-electron chi connectivity index (χ0n) is 13.2. The Kier molecular flexibility index (Phi) is 6.52. The van der Waals surface area contributed by atoms with Gasteiger partial charge < -0.3 is 9.47 Å². The van der Waals surface area contributed by atoms with Crippen LogP contribution in [0.2, 0.25) is 10.0 Å². The summed E-state index contributed by atoms with van der Waals surface area (Å²) in [6.45, 7) is 1.70. The van der Waals surface area contributed by atoms with Crippen LogP contribution in [0.1, 0.15) is 6.92 Å². The summed E-state index contributed by atoms with van der Waals surface area (Å²) < 4.78 is 37.1. The van der Waals surface area contributed by atoms with E-state index in [4.69, 9.17) is 32.7 Å². The zero-order valence-corrected chi connectivity index (χ0v) is 15.5. The highest BCUT2D eigenvalue weighted by atomic mass is 35.5. The lowest BCUT2D eigenvalue weighted by Gasteiger charge is -2.10. The first kappa shape index (κ1) is 19.4. The van der Waals surface area contributed by atoms with E-state index in [0.717, 1.165) is 0 Å². The number of carbonyl (C=O) groups excluding carboxylic acids is 1. The van der Waals surface area contributed by atoms with Gasteiger partial charge in [-0.2, -0.15) is 0 Å². The summed E-state index contributed by atoms with van der Waals surface area (Å²) in [6, 6.07) is 9.99. The number of sulfonamides is 1. The second-order valence-corrected chi connectivity index (χ2v) is 7.38. The number of hydrogen-bond acceptors (Lipinski definition) is 5. The highest BCUT2D eigenvalue weighted by Gasteiger charge is 2.15. The molecule has 0 heterocycles. The lowest BCUT2D eigenvalue weighted by atomic mass is 10.3. The molecule has 0 fully saturated rings. The van der Waals surface area contributed by atoms with Crippen molar-refractivity contribution in [2.24, 2.45) is 0 Å². The molecule has 0 amide bonds. The number of esters is 1. The standard InChI is InChI=1S/C16H15Cl2NO5S/c1-2-23-16(20)10-24-14-3-5-15(6-4-14)25(21,22)19-13-8-11(17)7-12(18)9-13/h3-9,19H,2,10H2,1H3. The summed E-state index contributed by atoms with van der Waals surface area (Å²) in [5.74, 6) is -0.156. The van der Waals surface area contributed by atoms with Crippen molar-refractivity contribution in [3.05, 3.63) is 52.5 Å². The Hall–Kier alpha value is -1.96. The Labute approximate surface area is 155 Å². The van der Waals surface area contributed by atoms with Crippen molar-refractivity contribution in [2.75, 3.05) is 17.9 Å². The number of benzene rings is 2. The predicted octanol–water partition coefficient (Wildman–Crippen LogP) is 3.74. The van der Waals surface area contributed by atoms with Crippen LogP contribution in [0.4, 0.5) is 5.69 Å². The van der Waals surface area contributed by atoms with Gasteiger partial charge in [-0.1, -0.05) is 23.2 Å².